The molecule has 7 rings (SSSR count). The zero-order valence-corrected chi connectivity index (χ0v) is 22.8. The summed E-state index contributed by atoms with van der Waals surface area (Å²) in [6.45, 7) is 7.16. The van der Waals surface area contributed by atoms with Crippen LogP contribution >= 0.6 is 0 Å². The first-order valence-corrected chi connectivity index (χ1v) is 13.8. The molecule has 2 aliphatic heterocycles. The molecule has 2 fully saturated rings. The lowest BCUT2D eigenvalue weighted by molar-refractivity contribution is 0.265. The Morgan fingerprint density at radius 2 is 1.75 bits per heavy atom. The minimum atomic E-state index is -0.325. The summed E-state index contributed by atoms with van der Waals surface area (Å²) in [6, 6.07) is 15.4. The highest BCUT2D eigenvalue weighted by Gasteiger charge is 2.51. The van der Waals surface area contributed by atoms with Crippen molar-refractivity contribution in [1.29, 1.82) is 0 Å². The second-order valence-corrected chi connectivity index (χ2v) is 10.9. The fourth-order valence-electron chi connectivity index (χ4n) is 5.91. The largest absolute Gasteiger partial charge is 0.369 e. The van der Waals surface area contributed by atoms with Crippen molar-refractivity contribution in [1.82, 2.24) is 29.4 Å². The molecule has 4 aromatic rings. The minimum absolute atomic E-state index is 0.325. The van der Waals surface area contributed by atoms with Gasteiger partial charge in [-0.05, 0) is 55.1 Å². The Balaban J connectivity index is 1.24. The van der Waals surface area contributed by atoms with Gasteiger partial charge in [0.25, 0.3) is 0 Å². The maximum atomic E-state index is 8.53. The van der Waals surface area contributed by atoms with Crippen LogP contribution in [0.2, 0.25) is 0 Å². The summed E-state index contributed by atoms with van der Waals surface area (Å²) >= 11 is 0. The molecule has 1 aliphatic carbocycles. The number of azide groups is 1. The van der Waals surface area contributed by atoms with Crippen molar-refractivity contribution in [3.8, 4) is 16.8 Å². The van der Waals surface area contributed by atoms with E-state index in [2.05, 4.69) is 82.2 Å². The molecule has 11 nitrogen and oxygen atoms in total. The van der Waals surface area contributed by atoms with Crippen LogP contribution in [0.25, 0.3) is 27.3 Å². The van der Waals surface area contributed by atoms with Crippen LogP contribution in [0.4, 0.5) is 5.69 Å². The van der Waals surface area contributed by atoms with E-state index >= 15 is 0 Å². The number of hydrogen-bond donors (Lipinski definition) is 0. The molecule has 1 saturated heterocycles. The highest BCUT2D eigenvalue weighted by molar-refractivity contribution is 6.16. The Morgan fingerprint density at radius 3 is 2.45 bits per heavy atom. The molecule has 2 aromatic heterocycles. The molecule has 3 aliphatic rings. The van der Waals surface area contributed by atoms with Crippen molar-refractivity contribution in [2.24, 2.45) is 17.2 Å². The van der Waals surface area contributed by atoms with Gasteiger partial charge in [-0.15, -0.1) is 10.2 Å². The van der Waals surface area contributed by atoms with Crippen LogP contribution in [0.15, 0.2) is 65.0 Å². The Bertz CT molecular complexity index is 1640. The SMILES string of the molecule is Cc1nnc2n1-c1ccc(-c3cnn(C)c3)cc1C(c1ccc(N3CCN(CCN=[N+]=[N-])CC3)cc1)=NC21CC1. The summed E-state index contributed by atoms with van der Waals surface area (Å²) in [5.74, 6) is 1.81. The molecule has 2 aromatic carbocycles. The van der Waals surface area contributed by atoms with Gasteiger partial charge in [0.1, 0.15) is 11.4 Å². The standard InChI is InChI=1S/C29H31N11/c1-20-34-35-28-29(9-10-29)33-27(25-17-22(5-8-26(25)40(20)28)23-18-32-37(2)19-23)21-3-6-24(7-4-21)39-15-13-38(14-16-39)12-11-31-36-30/h3-8,17-19H,9-16H2,1-2H3. The molecule has 202 valence electrons. The van der Waals surface area contributed by atoms with Crippen LogP contribution in [0.3, 0.4) is 0 Å². The first-order chi connectivity index (χ1) is 19.5. The van der Waals surface area contributed by atoms with Gasteiger partial charge >= 0.3 is 0 Å². The van der Waals surface area contributed by atoms with Gasteiger partial charge in [0, 0.05) is 79.8 Å². The predicted octanol–water partition coefficient (Wildman–Crippen LogP) is 4.25. The number of nitrogens with zero attached hydrogens (tertiary/aromatic N) is 11. The van der Waals surface area contributed by atoms with E-state index in [4.69, 9.17) is 10.5 Å². The molecule has 1 saturated carbocycles. The molecular formula is C29H31N11. The van der Waals surface area contributed by atoms with Gasteiger partial charge in [-0.3, -0.25) is 19.1 Å². The van der Waals surface area contributed by atoms with E-state index < -0.39 is 0 Å². The number of hydrogen-bond acceptors (Lipinski definition) is 7. The van der Waals surface area contributed by atoms with Crippen LogP contribution in [0.1, 0.15) is 35.6 Å². The number of aromatic nitrogens is 5. The Hall–Kier alpha value is -4.47. The van der Waals surface area contributed by atoms with E-state index in [0.717, 1.165) is 90.9 Å². The lowest BCUT2D eigenvalue weighted by Crippen LogP contribution is -2.47. The molecule has 0 radical (unpaired) electrons. The monoisotopic (exact) mass is 533 g/mol. The third-order valence-electron chi connectivity index (χ3n) is 8.28. The fourth-order valence-corrected chi connectivity index (χ4v) is 5.91. The van der Waals surface area contributed by atoms with Crippen molar-refractivity contribution in [2.75, 3.05) is 44.2 Å². The summed E-state index contributed by atoms with van der Waals surface area (Å²) in [6.07, 6.45) is 5.89. The maximum Gasteiger partial charge on any atom is 0.165 e. The van der Waals surface area contributed by atoms with Gasteiger partial charge in [-0.1, -0.05) is 23.3 Å². The van der Waals surface area contributed by atoms with Gasteiger partial charge in [0.05, 0.1) is 17.6 Å². The van der Waals surface area contributed by atoms with Gasteiger partial charge in [0.2, 0.25) is 0 Å². The highest BCUT2D eigenvalue weighted by Crippen LogP contribution is 2.51. The van der Waals surface area contributed by atoms with E-state index in [1.54, 1.807) is 0 Å². The van der Waals surface area contributed by atoms with Gasteiger partial charge in [-0.2, -0.15) is 5.10 Å². The Kier molecular flexibility index (Phi) is 5.91. The molecule has 1 spiro atoms. The van der Waals surface area contributed by atoms with Crippen molar-refractivity contribution >= 4 is 11.4 Å². The molecule has 0 N–H and O–H groups in total. The number of aryl methyl sites for hydroxylation is 2. The zero-order chi connectivity index (χ0) is 27.3. The molecule has 4 heterocycles. The second-order valence-electron chi connectivity index (χ2n) is 10.9. The van der Waals surface area contributed by atoms with Crippen LogP contribution in [0.5, 0.6) is 0 Å². The van der Waals surface area contributed by atoms with Crippen LogP contribution in [-0.2, 0) is 12.6 Å². The lowest BCUT2D eigenvalue weighted by Gasteiger charge is -2.36. The number of anilines is 1. The topological polar surface area (TPSA) is 116 Å². The lowest BCUT2D eigenvalue weighted by atomic mass is 9.96. The summed E-state index contributed by atoms with van der Waals surface area (Å²) in [7, 11) is 1.94. The summed E-state index contributed by atoms with van der Waals surface area (Å²) in [5, 5.41) is 17.1. The quantitative estimate of drug-likeness (QED) is 0.209. The van der Waals surface area contributed by atoms with Gasteiger partial charge in [0.15, 0.2) is 5.82 Å². The third kappa shape index (κ3) is 4.24. The van der Waals surface area contributed by atoms with Crippen molar-refractivity contribution < 1.29 is 0 Å². The molecule has 11 heteroatoms. The van der Waals surface area contributed by atoms with Gasteiger partial charge in [-0.25, -0.2) is 0 Å². The zero-order valence-electron chi connectivity index (χ0n) is 22.8. The smallest absolute Gasteiger partial charge is 0.165 e. The summed E-state index contributed by atoms with van der Waals surface area (Å²) in [4.78, 5) is 13.1. The Labute approximate surface area is 232 Å². The number of piperazine rings is 1. The second kappa shape index (κ2) is 9.62. The number of benzene rings is 2. The first-order valence-electron chi connectivity index (χ1n) is 13.8. The molecule has 0 amide bonds. The van der Waals surface area contributed by atoms with Crippen molar-refractivity contribution in [3.05, 3.63) is 88.1 Å². The molecule has 0 atom stereocenters. The van der Waals surface area contributed by atoms with E-state index in [1.807, 2.05) is 31.0 Å². The Morgan fingerprint density at radius 1 is 0.975 bits per heavy atom. The highest BCUT2D eigenvalue weighted by atomic mass is 15.3. The van der Waals surface area contributed by atoms with E-state index in [9.17, 15) is 0 Å². The van der Waals surface area contributed by atoms with Gasteiger partial charge < -0.3 is 4.90 Å². The molecular weight excluding hydrogens is 502 g/mol. The molecule has 40 heavy (non-hydrogen) atoms. The van der Waals surface area contributed by atoms with Crippen LogP contribution < -0.4 is 4.90 Å². The van der Waals surface area contributed by atoms with E-state index in [1.165, 1.54) is 5.69 Å². The minimum Gasteiger partial charge on any atom is -0.369 e. The predicted molar refractivity (Wildman–Crippen MR) is 154 cm³/mol. The summed E-state index contributed by atoms with van der Waals surface area (Å²) in [5.41, 5.74) is 15.8. The average Bonchev–Trinajstić information content (AvgIpc) is 3.50. The maximum absolute atomic E-state index is 8.53. The third-order valence-corrected chi connectivity index (χ3v) is 8.28. The van der Waals surface area contributed by atoms with E-state index in [0.29, 0.717) is 6.54 Å². The fraction of sp³-hybridized carbons (Fsp3) is 0.379. The average molecular weight is 534 g/mol. The first kappa shape index (κ1) is 24.6. The van der Waals surface area contributed by atoms with Crippen molar-refractivity contribution in [2.45, 2.75) is 25.3 Å². The summed E-state index contributed by atoms with van der Waals surface area (Å²) < 4.78 is 4.03. The van der Waals surface area contributed by atoms with E-state index in [-0.39, 0.29) is 5.54 Å². The van der Waals surface area contributed by atoms with Crippen LogP contribution in [-0.4, -0.2) is 74.4 Å². The number of rotatable bonds is 6. The molecule has 0 bridgehead atoms. The number of fused-ring (bicyclic) bond motifs is 4. The molecule has 0 unspecified atom stereocenters. The van der Waals surface area contributed by atoms with Crippen LogP contribution in [0, 0.1) is 6.92 Å². The normalized spacial score (nSPS) is 17.6. The van der Waals surface area contributed by atoms with Crippen molar-refractivity contribution in [3.63, 3.8) is 0 Å². The number of aliphatic imine (C=N–C) groups is 1.